The Balaban J connectivity index is 2.90. The molecule has 0 aromatic carbocycles. The van der Waals surface area contributed by atoms with Crippen LogP contribution >= 0.6 is 12.6 Å². The van der Waals surface area contributed by atoms with Gasteiger partial charge in [-0.05, 0) is 0 Å². The second-order valence-corrected chi connectivity index (χ2v) is 7.40. The first-order valence-corrected chi connectivity index (χ1v) is 9.56. The van der Waals surface area contributed by atoms with Crippen LogP contribution in [0.4, 0.5) is 0 Å². The fourth-order valence-electron chi connectivity index (χ4n) is 3.06. The molecule has 1 fully saturated rings. The number of hydrogen-bond donors (Lipinski definition) is 4. The third kappa shape index (κ3) is 11.2. The van der Waals surface area contributed by atoms with Crippen LogP contribution in [0.1, 0.15) is 0 Å². The number of rotatable bonds is 8. The van der Waals surface area contributed by atoms with E-state index in [1.807, 2.05) is 19.6 Å². The van der Waals surface area contributed by atoms with E-state index >= 15 is 0 Å². The van der Waals surface area contributed by atoms with Crippen molar-refractivity contribution in [3.05, 3.63) is 0 Å². The summed E-state index contributed by atoms with van der Waals surface area (Å²) in [7, 11) is 0. The number of nitrogens with zero attached hydrogens (tertiary/aromatic N) is 4. The summed E-state index contributed by atoms with van der Waals surface area (Å²) in [5.41, 5.74) is 16.0. The molecule has 0 unspecified atom stereocenters. The molecule has 11 nitrogen and oxygen atoms in total. The van der Waals surface area contributed by atoms with Gasteiger partial charge in [0.15, 0.2) is 5.12 Å². The maximum atomic E-state index is 11.4. The zero-order valence-corrected chi connectivity index (χ0v) is 17.0. The maximum Gasteiger partial charge on any atom is 0.231 e. The number of amides is 3. The van der Waals surface area contributed by atoms with Gasteiger partial charge in [0.2, 0.25) is 17.7 Å². The molecular formula is C16H31N7O4S. The van der Waals surface area contributed by atoms with E-state index in [1.165, 1.54) is 0 Å². The lowest BCUT2D eigenvalue weighted by Crippen LogP contribution is -2.50. The van der Waals surface area contributed by atoms with E-state index in [4.69, 9.17) is 17.2 Å². The van der Waals surface area contributed by atoms with E-state index in [-0.39, 0.29) is 31.3 Å². The molecule has 1 heterocycles. The van der Waals surface area contributed by atoms with Gasteiger partial charge in [-0.15, -0.1) is 12.6 Å². The van der Waals surface area contributed by atoms with Crippen LogP contribution in [0, 0.1) is 0 Å². The quantitative estimate of drug-likeness (QED) is 0.292. The molecule has 0 aromatic rings. The van der Waals surface area contributed by atoms with Crippen molar-refractivity contribution in [2.75, 3.05) is 78.5 Å². The maximum absolute atomic E-state index is 11.4. The summed E-state index contributed by atoms with van der Waals surface area (Å²) in [6.07, 6.45) is 0. The molecule has 1 rings (SSSR count). The summed E-state index contributed by atoms with van der Waals surface area (Å²) in [5, 5.41) is -0.261. The van der Waals surface area contributed by atoms with Crippen LogP contribution in [0.2, 0.25) is 0 Å². The largest absolute Gasteiger partial charge is 0.369 e. The van der Waals surface area contributed by atoms with Crippen molar-refractivity contribution >= 4 is 35.5 Å². The van der Waals surface area contributed by atoms with Crippen LogP contribution in [0.5, 0.6) is 0 Å². The smallest absolute Gasteiger partial charge is 0.231 e. The SMILES string of the molecule is NC(=O)CN1CCN(CC(N)=O)CCN(CC(=O)S)CCN(CC(N)=O)CC1. The molecular weight excluding hydrogens is 386 g/mol. The lowest BCUT2D eigenvalue weighted by atomic mass is 10.3. The molecule has 0 atom stereocenters. The Labute approximate surface area is 170 Å². The summed E-state index contributed by atoms with van der Waals surface area (Å²) in [5.74, 6) is -1.34. The monoisotopic (exact) mass is 417 g/mol. The Bertz CT molecular complexity index is 451. The standard InChI is InChI=1S/C16H31N7O4S/c17-13(24)9-20-1-3-21(10-14(18)25)5-7-23(12-16(27)28)8-6-22(4-2-20)11-15(19)26/h1-12H2,(H2,17,24)(H2,18,25)(H2,19,26)(H,27,28). The normalized spacial score (nSPS) is 19.5. The molecule has 160 valence electrons. The molecule has 12 heteroatoms. The lowest BCUT2D eigenvalue weighted by molar-refractivity contribution is -0.121. The average Bonchev–Trinajstić information content (AvgIpc) is 2.55. The molecule has 28 heavy (non-hydrogen) atoms. The van der Waals surface area contributed by atoms with Crippen molar-refractivity contribution in [2.45, 2.75) is 0 Å². The first-order valence-electron chi connectivity index (χ1n) is 9.12. The van der Waals surface area contributed by atoms with Crippen molar-refractivity contribution in [3.63, 3.8) is 0 Å². The number of primary amides is 3. The second kappa shape index (κ2) is 12.7. The zero-order valence-electron chi connectivity index (χ0n) is 16.1. The van der Waals surface area contributed by atoms with Crippen LogP contribution in [0.25, 0.3) is 0 Å². The van der Waals surface area contributed by atoms with Gasteiger partial charge in [0.05, 0.1) is 26.2 Å². The van der Waals surface area contributed by atoms with Gasteiger partial charge in [-0.25, -0.2) is 0 Å². The van der Waals surface area contributed by atoms with Gasteiger partial charge in [-0.2, -0.15) is 0 Å². The highest BCUT2D eigenvalue weighted by molar-refractivity contribution is 7.96. The minimum atomic E-state index is -0.450. The van der Waals surface area contributed by atoms with Gasteiger partial charge in [-0.1, -0.05) is 0 Å². The number of nitrogens with two attached hydrogens (primary N) is 3. The predicted molar refractivity (Wildman–Crippen MR) is 107 cm³/mol. The van der Waals surface area contributed by atoms with Crippen LogP contribution in [-0.2, 0) is 19.2 Å². The molecule has 0 aromatic heterocycles. The molecule has 0 radical (unpaired) electrons. The summed E-state index contributed by atoms with van der Waals surface area (Å²) in [4.78, 5) is 53.1. The van der Waals surface area contributed by atoms with Gasteiger partial charge in [0, 0.05) is 52.4 Å². The van der Waals surface area contributed by atoms with Gasteiger partial charge in [-0.3, -0.25) is 38.8 Å². The van der Waals surface area contributed by atoms with E-state index in [9.17, 15) is 19.2 Å². The van der Waals surface area contributed by atoms with E-state index < -0.39 is 17.7 Å². The molecule has 0 spiro atoms. The highest BCUT2D eigenvalue weighted by Gasteiger charge is 2.19. The van der Waals surface area contributed by atoms with Crippen molar-refractivity contribution in [1.82, 2.24) is 19.6 Å². The van der Waals surface area contributed by atoms with Crippen LogP contribution in [-0.4, -0.2) is 121 Å². The molecule has 1 aliphatic heterocycles. The fourth-order valence-corrected chi connectivity index (χ4v) is 3.26. The molecule has 1 saturated heterocycles. The van der Waals surface area contributed by atoms with E-state index in [0.29, 0.717) is 52.4 Å². The minimum Gasteiger partial charge on any atom is -0.369 e. The van der Waals surface area contributed by atoms with Crippen molar-refractivity contribution in [3.8, 4) is 0 Å². The molecule has 3 amide bonds. The van der Waals surface area contributed by atoms with Gasteiger partial charge in [0.1, 0.15) is 0 Å². The minimum absolute atomic E-state index is 0.0785. The van der Waals surface area contributed by atoms with Crippen molar-refractivity contribution < 1.29 is 19.2 Å². The summed E-state index contributed by atoms with van der Waals surface area (Å²) >= 11 is 3.85. The van der Waals surface area contributed by atoms with Crippen LogP contribution in [0.3, 0.4) is 0 Å². The Morgan fingerprint density at radius 3 is 0.929 bits per heavy atom. The van der Waals surface area contributed by atoms with E-state index in [2.05, 4.69) is 12.6 Å². The van der Waals surface area contributed by atoms with Crippen molar-refractivity contribution in [1.29, 1.82) is 0 Å². The van der Waals surface area contributed by atoms with Gasteiger partial charge >= 0.3 is 0 Å². The molecule has 0 saturated carbocycles. The Kier molecular flexibility index (Phi) is 11.0. The first-order chi connectivity index (χ1) is 13.2. The molecule has 0 bridgehead atoms. The third-order valence-corrected chi connectivity index (χ3v) is 4.57. The summed E-state index contributed by atoms with van der Waals surface area (Å²) in [6, 6.07) is 0. The highest BCUT2D eigenvalue weighted by atomic mass is 32.1. The molecule has 6 N–H and O–H groups in total. The van der Waals surface area contributed by atoms with Gasteiger partial charge < -0.3 is 17.2 Å². The topological polar surface area (TPSA) is 159 Å². The fraction of sp³-hybridized carbons (Fsp3) is 0.750. The van der Waals surface area contributed by atoms with E-state index in [0.717, 1.165) is 0 Å². The highest BCUT2D eigenvalue weighted by Crippen LogP contribution is 2.01. The number of hydrogen-bond acceptors (Lipinski definition) is 8. The Morgan fingerprint density at radius 2 is 0.750 bits per heavy atom. The third-order valence-electron chi connectivity index (χ3n) is 4.43. The summed E-state index contributed by atoms with van der Waals surface area (Å²) in [6.45, 7) is 4.53. The van der Waals surface area contributed by atoms with Crippen LogP contribution in [0.15, 0.2) is 0 Å². The number of carbonyl (C=O) groups excluding carboxylic acids is 4. The number of thiol groups is 1. The molecule has 1 aliphatic rings. The van der Waals surface area contributed by atoms with Crippen molar-refractivity contribution in [2.24, 2.45) is 17.2 Å². The zero-order chi connectivity index (χ0) is 21.1. The van der Waals surface area contributed by atoms with Crippen LogP contribution < -0.4 is 17.2 Å². The first kappa shape index (κ1) is 24.3. The second-order valence-electron chi connectivity index (χ2n) is 6.90. The average molecular weight is 418 g/mol. The Hall–Kier alpha value is -1.73. The summed E-state index contributed by atoms with van der Waals surface area (Å²) < 4.78 is 0. The molecule has 0 aliphatic carbocycles. The predicted octanol–water partition coefficient (Wildman–Crippen LogP) is -3.88. The number of carbonyl (C=O) groups is 4. The van der Waals surface area contributed by atoms with E-state index in [1.54, 1.807) is 0 Å². The lowest BCUT2D eigenvalue weighted by Gasteiger charge is -2.33. The van der Waals surface area contributed by atoms with Gasteiger partial charge in [0.25, 0.3) is 0 Å². The Morgan fingerprint density at radius 1 is 0.536 bits per heavy atom.